The SMILES string of the molecule is Cl.Fc1cnc(C2CCN2)nc1. The van der Waals surface area contributed by atoms with Gasteiger partial charge in [-0.25, -0.2) is 14.4 Å². The summed E-state index contributed by atoms with van der Waals surface area (Å²) in [6, 6.07) is 0.246. The molecule has 1 unspecified atom stereocenters. The second-order valence-corrected chi connectivity index (χ2v) is 2.55. The van der Waals surface area contributed by atoms with Gasteiger partial charge in [0.2, 0.25) is 0 Å². The fourth-order valence-electron chi connectivity index (χ4n) is 1.01. The maximum atomic E-state index is 12.3. The summed E-state index contributed by atoms with van der Waals surface area (Å²) in [5.74, 6) is 0.311. The van der Waals surface area contributed by atoms with Crippen molar-refractivity contribution in [3.05, 3.63) is 24.0 Å². The molecule has 1 aromatic heterocycles. The Kier molecular flexibility index (Phi) is 2.94. The molecule has 66 valence electrons. The number of rotatable bonds is 1. The zero-order valence-corrected chi connectivity index (χ0v) is 7.14. The van der Waals surface area contributed by atoms with Gasteiger partial charge in [0.15, 0.2) is 5.82 Å². The molecule has 0 amide bonds. The van der Waals surface area contributed by atoms with Crippen LogP contribution in [0.1, 0.15) is 18.3 Å². The summed E-state index contributed by atoms with van der Waals surface area (Å²) in [5, 5.41) is 3.13. The van der Waals surface area contributed by atoms with Crippen LogP contribution in [0.2, 0.25) is 0 Å². The van der Waals surface area contributed by atoms with E-state index in [2.05, 4.69) is 15.3 Å². The zero-order chi connectivity index (χ0) is 7.68. The normalized spacial score (nSPS) is 20.9. The van der Waals surface area contributed by atoms with Gasteiger partial charge in [-0.05, 0) is 13.0 Å². The smallest absolute Gasteiger partial charge is 0.159 e. The Morgan fingerprint density at radius 3 is 2.42 bits per heavy atom. The Morgan fingerprint density at radius 1 is 1.42 bits per heavy atom. The first kappa shape index (κ1) is 9.35. The predicted octanol–water partition coefficient (Wildman–Crippen LogP) is 1.07. The van der Waals surface area contributed by atoms with E-state index >= 15 is 0 Å². The molecule has 1 aromatic rings. The second kappa shape index (κ2) is 3.78. The number of nitrogens with zero attached hydrogens (tertiary/aromatic N) is 2. The largest absolute Gasteiger partial charge is 0.307 e. The van der Waals surface area contributed by atoms with E-state index in [0.717, 1.165) is 13.0 Å². The summed E-state index contributed by atoms with van der Waals surface area (Å²) in [5.41, 5.74) is 0. The molecule has 1 aliphatic rings. The minimum Gasteiger partial charge on any atom is -0.307 e. The van der Waals surface area contributed by atoms with E-state index in [9.17, 15) is 4.39 Å². The highest BCUT2D eigenvalue weighted by molar-refractivity contribution is 5.85. The van der Waals surface area contributed by atoms with Crippen molar-refractivity contribution in [2.45, 2.75) is 12.5 Å². The lowest BCUT2D eigenvalue weighted by molar-refractivity contribution is 0.364. The summed E-state index contributed by atoms with van der Waals surface area (Å²) in [6.07, 6.45) is 3.44. The Hall–Kier alpha value is -0.740. The van der Waals surface area contributed by atoms with Gasteiger partial charge < -0.3 is 5.32 Å². The molecule has 0 radical (unpaired) electrons. The average molecular weight is 190 g/mol. The highest BCUT2D eigenvalue weighted by atomic mass is 35.5. The molecular weight excluding hydrogens is 181 g/mol. The van der Waals surface area contributed by atoms with E-state index in [4.69, 9.17) is 0 Å². The van der Waals surface area contributed by atoms with E-state index in [0.29, 0.717) is 5.82 Å². The molecule has 1 aliphatic heterocycles. The van der Waals surface area contributed by atoms with Crippen LogP contribution in [0.3, 0.4) is 0 Å². The molecule has 1 saturated heterocycles. The van der Waals surface area contributed by atoms with Crippen LogP contribution < -0.4 is 5.32 Å². The summed E-state index contributed by atoms with van der Waals surface area (Å²) in [4.78, 5) is 7.70. The van der Waals surface area contributed by atoms with Crippen LogP contribution in [-0.2, 0) is 0 Å². The lowest BCUT2D eigenvalue weighted by atomic mass is 10.1. The van der Waals surface area contributed by atoms with Crippen molar-refractivity contribution in [3.63, 3.8) is 0 Å². The average Bonchev–Trinajstić information content (AvgIpc) is 1.90. The van der Waals surface area contributed by atoms with Crippen LogP contribution >= 0.6 is 12.4 Å². The highest BCUT2D eigenvalue weighted by Gasteiger charge is 2.20. The third-order valence-electron chi connectivity index (χ3n) is 1.78. The fourth-order valence-corrected chi connectivity index (χ4v) is 1.01. The monoisotopic (exact) mass is 189 g/mol. The van der Waals surface area contributed by atoms with Crippen molar-refractivity contribution < 1.29 is 4.39 Å². The third-order valence-corrected chi connectivity index (χ3v) is 1.78. The predicted molar refractivity (Wildman–Crippen MR) is 44.6 cm³/mol. The van der Waals surface area contributed by atoms with Gasteiger partial charge >= 0.3 is 0 Å². The van der Waals surface area contributed by atoms with Crippen LogP contribution in [-0.4, -0.2) is 16.5 Å². The van der Waals surface area contributed by atoms with Crippen molar-refractivity contribution in [1.82, 2.24) is 15.3 Å². The van der Waals surface area contributed by atoms with Gasteiger partial charge in [-0.2, -0.15) is 0 Å². The third kappa shape index (κ3) is 1.70. The van der Waals surface area contributed by atoms with E-state index in [1.54, 1.807) is 0 Å². The number of aromatic nitrogens is 2. The molecular formula is C7H9ClFN3. The van der Waals surface area contributed by atoms with E-state index < -0.39 is 0 Å². The van der Waals surface area contributed by atoms with Crippen molar-refractivity contribution >= 4 is 12.4 Å². The Morgan fingerprint density at radius 2 is 2.00 bits per heavy atom. The van der Waals surface area contributed by atoms with Crippen molar-refractivity contribution in [2.24, 2.45) is 0 Å². The quantitative estimate of drug-likeness (QED) is 0.718. The Labute approximate surface area is 75.8 Å². The molecule has 1 fully saturated rings. The standard InChI is InChI=1S/C7H8FN3.ClH/c8-5-3-10-7(11-4-5)6-1-2-9-6;/h3-4,6,9H,1-2H2;1H. The second-order valence-electron chi connectivity index (χ2n) is 2.55. The summed E-state index contributed by atoms with van der Waals surface area (Å²) >= 11 is 0. The van der Waals surface area contributed by atoms with Crippen LogP contribution in [0, 0.1) is 5.82 Å². The maximum absolute atomic E-state index is 12.3. The molecule has 2 heterocycles. The minimum atomic E-state index is -0.381. The number of halogens is 2. The molecule has 0 aromatic carbocycles. The van der Waals surface area contributed by atoms with E-state index in [1.165, 1.54) is 12.4 Å². The minimum absolute atomic E-state index is 0. The van der Waals surface area contributed by atoms with Crippen LogP contribution in [0.5, 0.6) is 0 Å². The van der Waals surface area contributed by atoms with E-state index in [-0.39, 0.29) is 24.3 Å². The first-order chi connectivity index (χ1) is 5.36. The molecule has 0 aliphatic carbocycles. The van der Waals surface area contributed by atoms with Gasteiger partial charge in [-0.1, -0.05) is 0 Å². The lowest BCUT2D eigenvalue weighted by Gasteiger charge is -2.25. The lowest BCUT2D eigenvalue weighted by Crippen LogP contribution is -2.36. The highest BCUT2D eigenvalue weighted by Crippen LogP contribution is 2.17. The first-order valence-electron chi connectivity index (χ1n) is 3.57. The maximum Gasteiger partial charge on any atom is 0.159 e. The molecule has 1 atom stereocenters. The molecule has 0 saturated carbocycles. The molecule has 3 nitrogen and oxygen atoms in total. The van der Waals surface area contributed by atoms with Crippen molar-refractivity contribution in [1.29, 1.82) is 0 Å². The number of hydrogen-bond donors (Lipinski definition) is 1. The molecule has 0 spiro atoms. The first-order valence-corrected chi connectivity index (χ1v) is 3.57. The van der Waals surface area contributed by atoms with Crippen molar-refractivity contribution in [3.8, 4) is 0 Å². The number of nitrogens with one attached hydrogen (secondary N) is 1. The molecule has 1 N–H and O–H groups in total. The number of hydrogen-bond acceptors (Lipinski definition) is 3. The van der Waals surface area contributed by atoms with E-state index in [1.807, 2.05) is 0 Å². The van der Waals surface area contributed by atoms with Gasteiger partial charge in [0.05, 0.1) is 18.4 Å². The molecule has 0 bridgehead atoms. The van der Waals surface area contributed by atoms with Crippen molar-refractivity contribution in [2.75, 3.05) is 6.54 Å². The van der Waals surface area contributed by atoms with Gasteiger partial charge in [-0.3, -0.25) is 0 Å². The summed E-state index contributed by atoms with van der Waals surface area (Å²) in [7, 11) is 0. The summed E-state index contributed by atoms with van der Waals surface area (Å²) in [6.45, 7) is 1.01. The van der Waals surface area contributed by atoms with Gasteiger partial charge in [-0.15, -0.1) is 12.4 Å². The summed E-state index contributed by atoms with van der Waals surface area (Å²) < 4.78 is 12.3. The molecule has 2 rings (SSSR count). The fraction of sp³-hybridized carbons (Fsp3) is 0.429. The Bertz CT molecular complexity index is 247. The van der Waals surface area contributed by atoms with Gasteiger partial charge in [0.25, 0.3) is 0 Å². The topological polar surface area (TPSA) is 37.8 Å². The molecule has 12 heavy (non-hydrogen) atoms. The van der Waals surface area contributed by atoms with Gasteiger partial charge in [0, 0.05) is 0 Å². The zero-order valence-electron chi connectivity index (χ0n) is 6.33. The van der Waals surface area contributed by atoms with Crippen LogP contribution in [0.4, 0.5) is 4.39 Å². The van der Waals surface area contributed by atoms with Gasteiger partial charge in [0.1, 0.15) is 5.82 Å². The molecule has 5 heteroatoms. The Balaban J connectivity index is 0.000000720. The van der Waals surface area contributed by atoms with Crippen LogP contribution in [0.25, 0.3) is 0 Å². The van der Waals surface area contributed by atoms with Crippen LogP contribution in [0.15, 0.2) is 12.4 Å².